The summed E-state index contributed by atoms with van der Waals surface area (Å²) in [5, 5.41) is 20.0. The lowest BCUT2D eigenvalue weighted by molar-refractivity contribution is -0.195. The van der Waals surface area contributed by atoms with Crippen LogP contribution in [0.15, 0.2) is 36.5 Å². The Hall–Kier alpha value is -1.51. The van der Waals surface area contributed by atoms with Gasteiger partial charge in [0.1, 0.15) is 0 Å². The predicted molar refractivity (Wildman–Crippen MR) is 152 cm³/mol. The number of hydrogen-bond acceptors (Lipinski definition) is 6. The van der Waals surface area contributed by atoms with Gasteiger partial charge in [-0.2, -0.15) is 0 Å². The second-order valence-corrected chi connectivity index (χ2v) is 11.5. The lowest BCUT2D eigenvalue weighted by Gasteiger charge is -2.30. The zero-order chi connectivity index (χ0) is 27.9. The summed E-state index contributed by atoms with van der Waals surface area (Å²) in [7, 11) is 0. The SMILES string of the molecule is CCCC[C@H](C)C[C@@H](/C=C/[C@@H]1[C@@H](C/C=C\C/C=C/C(=O)O)[C@@H](OC2CCCCO2)C[C@H]1O)OC1CCCCO1. The highest BCUT2D eigenvalue weighted by Gasteiger charge is 2.42. The van der Waals surface area contributed by atoms with Crippen LogP contribution in [0.3, 0.4) is 0 Å². The molecule has 3 aliphatic rings. The second kappa shape index (κ2) is 18.0. The van der Waals surface area contributed by atoms with E-state index in [4.69, 9.17) is 24.1 Å². The summed E-state index contributed by atoms with van der Waals surface area (Å²) in [6, 6.07) is 0. The number of carboxylic acid groups (broad SMARTS) is 1. The van der Waals surface area contributed by atoms with Gasteiger partial charge in [0.25, 0.3) is 0 Å². The summed E-state index contributed by atoms with van der Waals surface area (Å²) in [6.07, 6.45) is 22.8. The van der Waals surface area contributed by atoms with Gasteiger partial charge in [-0.3, -0.25) is 0 Å². The monoisotopic (exact) mass is 548 g/mol. The molecule has 222 valence electrons. The molecule has 2 aliphatic heterocycles. The van der Waals surface area contributed by atoms with Crippen LogP contribution >= 0.6 is 0 Å². The average molecular weight is 549 g/mol. The van der Waals surface area contributed by atoms with E-state index in [2.05, 4.69) is 32.1 Å². The first-order chi connectivity index (χ1) is 19.0. The van der Waals surface area contributed by atoms with Crippen LogP contribution in [-0.4, -0.2) is 60.3 Å². The van der Waals surface area contributed by atoms with Crippen molar-refractivity contribution in [2.75, 3.05) is 13.2 Å². The van der Waals surface area contributed by atoms with Crippen molar-refractivity contribution in [3.05, 3.63) is 36.5 Å². The third-order valence-corrected chi connectivity index (χ3v) is 8.16. The van der Waals surface area contributed by atoms with Gasteiger partial charge < -0.3 is 29.2 Å². The maximum Gasteiger partial charge on any atom is 0.327 e. The van der Waals surface area contributed by atoms with Crippen molar-refractivity contribution in [2.24, 2.45) is 17.8 Å². The van der Waals surface area contributed by atoms with Crippen LogP contribution < -0.4 is 0 Å². The molecule has 0 amide bonds. The number of hydrogen-bond donors (Lipinski definition) is 2. The van der Waals surface area contributed by atoms with Gasteiger partial charge >= 0.3 is 5.97 Å². The fourth-order valence-electron chi connectivity index (χ4n) is 5.96. The van der Waals surface area contributed by atoms with Gasteiger partial charge in [-0.25, -0.2) is 4.79 Å². The number of aliphatic carboxylic acids is 1. The van der Waals surface area contributed by atoms with E-state index < -0.39 is 12.1 Å². The highest BCUT2D eigenvalue weighted by atomic mass is 16.7. The van der Waals surface area contributed by atoms with Gasteiger partial charge in [0, 0.05) is 31.6 Å². The summed E-state index contributed by atoms with van der Waals surface area (Å²) in [5.74, 6) is -0.339. The van der Waals surface area contributed by atoms with Crippen molar-refractivity contribution < 1.29 is 34.0 Å². The van der Waals surface area contributed by atoms with Crippen molar-refractivity contribution in [2.45, 2.75) is 128 Å². The number of aliphatic hydroxyl groups excluding tert-OH is 1. The molecule has 0 spiro atoms. The molecule has 8 atom stereocenters. The van der Waals surface area contributed by atoms with Gasteiger partial charge in [-0.1, -0.05) is 63.5 Å². The molecule has 2 heterocycles. The van der Waals surface area contributed by atoms with Gasteiger partial charge in [-0.05, 0) is 69.6 Å². The van der Waals surface area contributed by atoms with E-state index in [1.165, 1.54) is 25.3 Å². The van der Waals surface area contributed by atoms with Crippen molar-refractivity contribution >= 4 is 5.97 Å². The molecular formula is C32H52O7. The minimum Gasteiger partial charge on any atom is -0.478 e. The summed E-state index contributed by atoms with van der Waals surface area (Å²) in [6.45, 7) is 6.01. The predicted octanol–water partition coefficient (Wildman–Crippen LogP) is 6.56. The first-order valence-corrected chi connectivity index (χ1v) is 15.4. The molecule has 1 aliphatic carbocycles. The maximum absolute atomic E-state index is 11.2. The molecule has 0 aromatic rings. The first-order valence-electron chi connectivity index (χ1n) is 15.4. The molecule has 0 aromatic carbocycles. The fourth-order valence-corrected chi connectivity index (χ4v) is 5.96. The van der Waals surface area contributed by atoms with Crippen LogP contribution in [0.25, 0.3) is 0 Å². The van der Waals surface area contributed by atoms with Crippen LogP contribution in [0.4, 0.5) is 0 Å². The fraction of sp³-hybridized carbons (Fsp3) is 0.781. The largest absolute Gasteiger partial charge is 0.478 e. The number of ether oxygens (including phenoxy) is 4. The molecule has 0 aromatic heterocycles. The summed E-state index contributed by atoms with van der Waals surface area (Å²) < 4.78 is 24.6. The van der Waals surface area contributed by atoms with E-state index in [0.717, 1.165) is 64.6 Å². The van der Waals surface area contributed by atoms with Crippen molar-refractivity contribution in [1.29, 1.82) is 0 Å². The Morgan fingerprint density at radius 1 is 1.05 bits per heavy atom. The van der Waals surface area contributed by atoms with E-state index in [1.807, 2.05) is 6.08 Å². The number of carbonyl (C=O) groups is 1. The minimum atomic E-state index is -0.937. The Balaban J connectivity index is 1.70. The van der Waals surface area contributed by atoms with Gasteiger partial charge in [-0.15, -0.1) is 0 Å². The summed E-state index contributed by atoms with van der Waals surface area (Å²) in [4.78, 5) is 10.7. The van der Waals surface area contributed by atoms with Crippen molar-refractivity contribution in [3.63, 3.8) is 0 Å². The Kier molecular flexibility index (Phi) is 14.8. The normalized spacial score (nSPS) is 31.9. The molecule has 2 saturated heterocycles. The summed E-state index contributed by atoms with van der Waals surface area (Å²) >= 11 is 0. The van der Waals surface area contributed by atoms with Crippen LogP contribution in [0.1, 0.15) is 97.3 Å². The number of carboxylic acids is 1. The zero-order valence-corrected chi connectivity index (χ0v) is 24.1. The van der Waals surface area contributed by atoms with Crippen LogP contribution in [0.2, 0.25) is 0 Å². The second-order valence-electron chi connectivity index (χ2n) is 11.5. The molecule has 0 bridgehead atoms. The average Bonchev–Trinajstić information content (AvgIpc) is 3.22. The lowest BCUT2D eigenvalue weighted by Crippen LogP contribution is -2.31. The molecule has 7 heteroatoms. The third-order valence-electron chi connectivity index (χ3n) is 8.16. The molecule has 0 radical (unpaired) electrons. The number of allylic oxidation sites excluding steroid dienone is 3. The maximum atomic E-state index is 11.2. The van der Waals surface area contributed by atoms with Gasteiger partial charge in [0.05, 0.1) is 18.3 Å². The Morgan fingerprint density at radius 2 is 1.79 bits per heavy atom. The number of unbranched alkanes of at least 4 members (excludes halogenated alkanes) is 1. The van der Waals surface area contributed by atoms with E-state index in [1.54, 1.807) is 6.08 Å². The summed E-state index contributed by atoms with van der Waals surface area (Å²) in [5.41, 5.74) is 0. The highest BCUT2D eigenvalue weighted by molar-refractivity contribution is 5.79. The molecule has 3 rings (SSSR count). The zero-order valence-electron chi connectivity index (χ0n) is 24.1. The van der Waals surface area contributed by atoms with Crippen LogP contribution in [-0.2, 0) is 23.7 Å². The number of rotatable bonds is 16. The molecular weight excluding hydrogens is 496 g/mol. The van der Waals surface area contributed by atoms with E-state index >= 15 is 0 Å². The lowest BCUT2D eigenvalue weighted by atomic mass is 9.89. The Bertz CT molecular complexity index is 766. The minimum absolute atomic E-state index is 0.0499. The quantitative estimate of drug-likeness (QED) is 0.167. The Labute approximate surface area is 235 Å². The molecule has 2 unspecified atom stereocenters. The van der Waals surface area contributed by atoms with Gasteiger partial charge in [0.15, 0.2) is 12.6 Å². The van der Waals surface area contributed by atoms with Crippen molar-refractivity contribution in [3.8, 4) is 0 Å². The molecule has 39 heavy (non-hydrogen) atoms. The topological polar surface area (TPSA) is 94.5 Å². The Morgan fingerprint density at radius 3 is 2.46 bits per heavy atom. The number of aliphatic hydroxyl groups is 1. The smallest absolute Gasteiger partial charge is 0.327 e. The van der Waals surface area contributed by atoms with Crippen LogP contribution in [0, 0.1) is 17.8 Å². The third kappa shape index (κ3) is 11.9. The van der Waals surface area contributed by atoms with E-state index in [0.29, 0.717) is 18.8 Å². The molecule has 1 saturated carbocycles. The van der Waals surface area contributed by atoms with Crippen molar-refractivity contribution in [1.82, 2.24) is 0 Å². The van der Waals surface area contributed by atoms with E-state index in [-0.39, 0.29) is 36.6 Å². The first kappa shape index (κ1) is 32.0. The standard InChI is InChI=1S/C32H52O7/c1-3-4-13-24(2)22-25(38-31-16-9-11-20-36-31)18-19-26-27(14-7-5-6-8-15-30(34)35)29(23-28(26)33)39-32-17-10-12-21-37-32/h5,7-8,15,18-19,24-29,31-33H,3-4,6,9-14,16-17,20-23H2,1-2H3,(H,34,35)/b7-5-,15-8+,19-18+/t24-,25+,26+,27+,28+,29-,31?,32?/m0/s1. The highest BCUT2D eigenvalue weighted by Crippen LogP contribution is 2.40. The van der Waals surface area contributed by atoms with Gasteiger partial charge in [0.2, 0.25) is 0 Å². The van der Waals surface area contributed by atoms with E-state index in [9.17, 15) is 9.90 Å². The molecule has 7 nitrogen and oxygen atoms in total. The molecule has 3 fully saturated rings. The van der Waals surface area contributed by atoms with Crippen LogP contribution in [0.5, 0.6) is 0 Å². The molecule has 2 N–H and O–H groups in total.